The number of thiazole rings is 1. The fourth-order valence-electron chi connectivity index (χ4n) is 4.25. The van der Waals surface area contributed by atoms with Gasteiger partial charge in [-0.3, -0.25) is 4.98 Å². The van der Waals surface area contributed by atoms with Crippen molar-refractivity contribution >= 4 is 27.5 Å². The molecule has 0 aliphatic carbocycles. The largest absolute Gasteiger partial charge is 0.449 e. The van der Waals surface area contributed by atoms with Crippen LogP contribution in [0.1, 0.15) is 30.2 Å². The minimum absolute atomic E-state index is 0.0146. The lowest BCUT2D eigenvalue weighted by Crippen LogP contribution is -2.51. The lowest BCUT2D eigenvalue weighted by atomic mass is 10.0. The molecule has 0 aliphatic rings. The number of aryl methyl sites for hydroxylation is 1. The van der Waals surface area contributed by atoms with E-state index >= 15 is 0 Å². The summed E-state index contributed by atoms with van der Waals surface area (Å²) in [6, 6.07) is 14.9. The zero-order valence-corrected chi connectivity index (χ0v) is 24.8. The van der Waals surface area contributed by atoms with Gasteiger partial charge in [0.25, 0.3) is 0 Å². The predicted octanol–water partition coefficient (Wildman–Crippen LogP) is 4.65. The average molecular weight is 599 g/mol. The topological polar surface area (TPSA) is 135 Å². The van der Waals surface area contributed by atoms with Gasteiger partial charge < -0.3 is 19.6 Å². The predicted molar refractivity (Wildman–Crippen MR) is 156 cm³/mol. The van der Waals surface area contributed by atoms with Crippen LogP contribution in [-0.2, 0) is 27.8 Å². The molecular formula is C29H34N4O6S2. The van der Waals surface area contributed by atoms with Crippen molar-refractivity contribution in [1.29, 1.82) is 0 Å². The summed E-state index contributed by atoms with van der Waals surface area (Å²) in [5.41, 5.74) is 3.85. The minimum Gasteiger partial charge on any atom is -0.449 e. The molecule has 4 rings (SSSR count). The van der Waals surface area contributed by atoms with E-state index in [9.17, 15) is 18.3 Å². The second-order valence-corrected chi connectivity index (χ2v) is 13.0. The summed E-state index contributed by atoms with van der Waals surface area (Å²) < 4.78 is 39.4. The second-order valence-electron chi connectivity index (χ2n) is 10.0. The number of alkyl carbamates (subject to hydrolysis) is 1. The molecule has 2 aromatic heterocycles. The van der Waals surface area contributed by atoms with Crippen LogP contribution >= 0.6 is 11.3 Å². The molecule has 2 heterocycles. The first-order valence-electron chi connectivity index (χ1n) is 13.2. The molecule has 0 spiro atoms. The van der Waals surface area contributed by atoms with Crippen LogP contribution in [0, 0.1) is 12.8 Å². The number of benzene rings is 2. The van der Waals surface area contributed by atoms with Gasteiger partial charge in [0.05, 0.1) is 27.4 Å². The SMILES string of the molecule is Cc1nc(-c2ccc(S(=O)(=O)N(CC(C)C)C[C@H](O)[C@H](Cc3ccccc3)NC(=O)OCc3cncs3)cc2)co1. The van der Waals surface area contributed by atoms with E-state index in [1.807, 2.05) is 44.2 Å². The third-order valence-corrected chi connectivity index (χ3v) is 8.86. The molecule has 1 amide bonds. The van der Waals surface area contributed by atoms with Crippen LogP contribution in [0.2, 0.25) is 0 Å². The van der Waals surface area contributed by atoms with Gasteiger partial charge >= 0.3 is 6.09 Å². The number of sulfonamides is 1. The molecule has 10 nitrogen and oxygen atoms in total. The average Bonchev–Trinajstić information content (AvgIpc) is 3.63. The summed E-state index contributed by atoms with van der Waals surface area (Å²) in [4.78, 5) is 21.8. The number of nitrogens with one attached hydrogen (secondary N) is 1. The van der Waals surface area contributed by atoms with Gasteiger partial charge in [0.2, 0.25) is 10.0 Å². The van der Waals surface area contributed by atoms with Crippen molar-refractivity contribution in [1.82, 2.24) is 19.6 Å². The molecule has 2 N–H and O–H groups in total. The Morgan fingerprint density at radius 3 is 2.46 bits per heavy atom. The van der Waals surface area contributed by atoms with E-state index in [1.165, 1.54) is 34.0 Å². The van der Waals surface area contributed by atoms with Crippen LogP contribution < -0.4 is 5.32 Å². The second kappa shape index (κ2) is 13.9. The van der Waals surface area contributed by atoms with Crippen LogP contribution in [0.4, 0.5) is 4.79 Å². The molecule has 0 fully saturated rings. The van der Waals surface area contributed by atoms with Gasteiger partial charge in [0.1, 0.15) is 18.6 Å². The van der Waals surface area contributed by atoms with E-state index in [4.69, 9.17) is 9.15 Å². The van der Waals surface area contributed by atoms with Crippen molar-refractivity contribution < 1.29 is 27.5 Å². The highest BCUT2D eigenvalue weighted by Gasteiger charge is 2.31. The number of aliphatic hydroxyl groups excluding tert-OH is 1. The van der Waals surface area contributed by atoms with Crippen molar-refractivity contribution in [3.8, 4) is 11.3 Å². The summed E-state index contributed by atoms with van der Waals surface area (Å²) in [7, 11) is -3.98. The van der Waals surface area contributed by atoms with Crippen molar-refractivity contribution in [2.45, 2.75) is 50.8 Å². The number of carbonyl (C=O) groups is 1. The molecule has 0 bridgehead atoms. The van der Waals surface area contributed by atoms with Crippen molar-refractivity contribution in [3.05, 3.63) is 88.9 Å². The zero-order chi connectivity index (χ0) is 29.4. The highest BCUT2D eigenvalue weighted by Crippen LogP contribution is 2.24. The van der Waals surface area contributed by atoms with Crippen LogP contribution in [0.15, 0.2) is 81.9 Å². The molecular weight excluding hydrogens is 564 g/mol. The Labute approximate surface area is 244 Å². The third-order valence-electron chi connectivity index (χ3n) is 6.26. The Bertz CT molecular complexity index is 1490. The first-order valence-corrected chi connectivity index (χ1v) is 15.5. The number of aliphatic hydroxyl groups is 1. The van der Waals surface area contributed by atoms with Gasteiger partial charge in [-0.1, -0.05) is 56.3 Å². The normalized spacial score (nSPS) is 13.3. The van der Waals surface area contributed by atoms with Gasteiger partial charge in [-0.05, 0) is 30.0 Å². The molecule has 218 valence electrons. The molecule has 12 heteroatoms. The number of hydrogen-bond acceptors (Lipinski definition) is 9. The Morgan fingerprint density at radius 1 is 1.12 bits per heavy atom. The standard InChI is InChI=1S/C29H34N4O6S2/c1-20(2)15-33(41(36,37)25-11-9-23(10-12-25)27-18-38-21(3)31-27)16-28(34)26(13-22-7-5-4-6-8-22)32-29(35)39-17-24-14-30-19-40-24/h4-12,14,18-20,26,28,34H,13,15-17H2,1-3H3,(H,32,35)/t26-,28-/m0/s1. The van der Waals surface area contributed by atoms with Crippen molar-refractivity contribution in [3.63, 3.8) is 0 Å². The van der Waals surface area contributed by atoms with Gasteiger partial charge in [-0.2, -0.15) is 4.31 Å². The number of carbonyl (C=O) groups excluding carboxylic acids is 1. The number of amides is 1. The smallest absolute Gasteiger partial charge is 0.407 e. The summed E-state index contributed by atoms with van der Waals surface area (Å²) in [6.07, 6.45) is 1.47. The minimum atomic E-state index is -3.98. The Kier molecular flexibility index (Phi) is 10.3. The van der Waals surface area contributed by atoms with Crippen LogP contribution in [0.25, 0.3) is 11.3 Å². The summed E-state index contributed by atoms with van der Waals surface area (Å²) in [5, 5.41) is 14.1. The van der Waals surface area contributed by atoms with E-state index in [2.05, 4.69) is 15.3 Å². The van der Waals surface area contributed by atoms with Gasteiger partial charge in [-0.25, -0.2) is 18.2 Å². The third kappa shape index (κ3) is 8.46. The highest BCUT2D eigenvalue weighted by molar-refractivity contribution is 7.89. The Hall–Kier alpha value is -3.58. The van der Waals surface area contributed by atoms with E-state index in [1.54, 1.807) is 30.8 Å². The quantitative estimate of drug-likeness (QED) is 0.227. The maximum Gasteiger partial charge on any atom is 0.407 e. The number of aromatic nitrogens is 2. The molecule has 0 saturated carbocycles. The van der Waals surface area contributed by atoms with Crippen LogP contribution in [-0.4, -0.2) is 59.1 Å². The van der Waals surface area contributed by atoms with E-state index in [-0.39, 0.29) is 36.9 Å². The first kappa shape index (κ1) is 30.4. The van der Waals surface area contributed by atoms with Crippen molar-refractivity contribution in [2.24, 2.45) is 5.92 Å². The van der Waals surface area contributed by atoms with Gasteiger partial charge in [0.15, 0.2) is 5.89 Å². The van der Waals surface area contributed by atoms with Crippen LogP contribution in [0.5, 0.6) is 0 Å². The van der Waals surface area contributed by atoms with Gasteiger partial charge in [-0.15, -0.1) is 11.3 Å². The molecule has 0 radical (unpaired) electrons. The number of hydrogen-bond donors (Lipinski definition) is 2. The lowest BCUT2D eigenvalue weighted by molar-refractivity contribution is 0.0876. The van der Waals surface area contributed by atoms with Crippen molar-refractivity contribution in [2.75, 3.05) is 13.1 Å². The Morgan fingerprint density at radius 2 is 1.85 bits per heavy atom. The molecule has 4 aromatic rings. The maximum atomic E-state index is 13.8. The lowest BCUT2D eigenvalue weighted by Gasteiger charge is -2.30. The summed E-state index contributed by atoms with van der Waals surface area (Å²) in [5.74, 6) is 0.499. The summed E-state index contributed by atoms with van der Waals surface area (Å²) >= 11 is 1.36. The monoisotopic (exact) mass is 598 g/mol. The fourth-order valence-corrected chi connectivity index (χ4v) is 6.38. The molecule has 2 atom stereocenters. The number of rotatable bonds is 13. The number of ether oxygens (including phenoxy) is 1. The first-order chi connectivity index (χ1) is 19.6. The van der Waals surface area contributed by atoms with E-state index in [0.29, 0.717) is 11.6 Å². The molecule has 41 heavy (non-hydrogen) atoms. The van der Waals surface area contributed by atoms with Crippen LogP contribution in [0.3, 0.4) is 0 Å². The fraction of sp³-hybridized carbons (Fsp3) is 0.345. The zero-order valence-electron chi connectivity index (χ0n) is 23.1. The Balaban J connectivity index is 1.52. The highest BCUT2D eigenvalue weighted by atomic mass is 32.2. The number of oxazole rings is 1. The molecule has 0 saturated heterocycles. The van der Waals surface area contributed by atoms with E-state index < -0.39 is 28.3 Å². The van der Waals surface area contributed by atoms with Gasteiger partial charge in [0, 0.05) is 31.8 Å². The molecule has 0 aliphatic heterocycles. The number of nitrogens with zero attached hydrogens (tertiary/aromatic N) is 3. The molecule has 2 aromatic carbocycles. The molecule has 0 unspecified atom stereocenters. The maximum absolute atomic E-state index is 13.8. The van der Waals surface area contributed by atoms with E-state index in [0.717, 1.165) is 16.0 Å². The summed E-state index contributed by atoms with van der Waals surface area (Å²) in [6.45, 7) is 5.54.